The van der Waals surface area contributed by atoms with Gasteiger partial charge in [0.25, 0.3) is 15.7 Å². The Morgan fingerprint density at radius 2 is 1.69 bits per heavy atom. The van der Waals surface area contributed by atoms with E-state index < -0.39 is 45.0 Å². The first kappa shape index (κ1) is 32.6. The van der Waals surface area contributed by atoms with Crippen LogP contribution in [0.25, 0.3) is 0 Å². The number of anilines is 1. The number of nitro benzene ring substituents is 1. The Bertz CT molecular complexity index is 1560. The lowest BCUT2D eigenvalue weighted by molar-refractivity contribution is -0.385. The Morgan fingerprint density at radius 3 is 2.24 bits per heavy atom. The first-order chi connectivity index (χ1) is 19.8. The summed E-state index contributed by atoms with van der Waals surface area (Å²) in [5.74, 6) is -0.777. The van der Waals surface area contributed by atoms with Gasteiger partial charge in [-0.05, 0) is 63.2 Å². The van der Waals surface area contributed by atoms with Gasteiger partial charge < -0.3 is 15.0 Å². The van der Waals surface area contributed by atoms with Gasteiger partial charge in [-0.1, -0.05) is 35.3 Å². The highest BCUT2D eigenvalue weighted by molar-refractivity contribution is 7.92. The number of hydrogen-bond donors (Lipinski definition) is 1. The predicted molar refractivity (Wildman–Crippen MR) is 161 cm³/mol. The number of amides is 2. The monoisotopic (exact) mass is 636 g/mol. The van der Waals surface area contributed by atoms with Crippen molar-refractivity contribution in [3.63, 3.8) is 0 Å². The highest BCUT2D eigenvalue weighted by atomic mass is 35.5. The van der Waals surface area contributed by atoms with E-state index in [4.69, 9.17) is 27.9 Å². The summed E-state index contributed by atoms with van der Waals surface area (Å²) in [6.07, 6.45) is 0. The van der Waals surface area contributed by atoms with Crippen LogP contribution in [0.5, 0.6) is 5.75 Å². The maximum Gasteiger partial charge on any atom is 0.273 e. The number of nitrogens with one attached hydrogen (secondary N) is 1. The molecule has 3 aromatic rings. The fourth-order valence-electron chi connectivity index (χ4n) is 4.11. The fourth-order valence-corrected chi connectivity index (χ4v) is 6.06. The molecular formula is C28H30Cl2N4O7S. The number of ether oxygens (including phenoxy) is 1. The van der Waals surface area contributed by atoms with Gasteiger partial charge in [-0.2, -0.15) is 0 Å². The summed E-state index contributed by atoms with van der Waals surface area (Å²) < 4.78 is 34.0. The Balaban J connectivity index is 2.13. The number of carbonyl (C=O) groups excluding carboxylic acids is 2. The number of halogens is 2. The van der Waals surface area contributed by atoms with Crippen molar-refractivity contribution >= 4 is 56.4 Å². The summed E-state index contributed by atoms with van der Waals surface area (Å²) in [6.45, 7) is 4.07. The molecule has 0 aliphatic carbocycles. The smallest absolute Gasteiger partial charge is 0.273 e. The van der Waals surface area contributed by atoms with Crippen molar-refractivity contribution in [2.24, 2.45) is 0 Å². The van der Waals surface area contributed by atoms with E-state index in [1.165, 1.54) is 62.3 Å². The van der Waals surface area contributed by atoms with Crippen LogP contribution in [0.1, 0.15) is 25.0 Å². The molecule has 224 valence electrons. The first-order valence-electron chi connectivity index (χ1n) is 12.7. The average Bonchev–Trinajstić information content (AvgIpc) is 2.95. The standard InChI is InChI=1S/C28H30Cl2N4O7S/c1-5-31-28(36)19(3)32(16-23-24(29)7-6-8-25(23)30)27(35)17-33(20-10-12-21(41-4)13-11-20)42(39,40)22-14-9-18(2)26(15-22)34(37)38/h6-15,19H,5,16-17H2,1-4H3,(H,31,36)/t19-/m0/s1. The van der Waals surface area contributed by atoms with Crippen LogP contribution in [-0.4, -0.2) is 56.3 Å². The normalized spacial score (nSPS) is 11.9. The molecule has 42 heavy (non-hydrogen) atoms. The minimum absolute atomic E-state index is 0.0915. The second kappa shape index (κ2) is 13.9. The number of sulfonamides is 1. The molecule has 2 amide bonds. The molecule has 0 spiro atoms. The van der Waals surface area contributed by atoms with Crippen LogP contribution in [0.2, 0.25) is 10.0 Å². The van der Waals surface area contributed by atoms with Gasteiger partial charge in [-0.25, -0.2) is 8.42 Å². The van der Waals surface area contributed by atoms with E-state index >= 15 is 0 Å². The van der Waals surface area contributed by atoms with Crippen LogP contribution < -0.4 is 14.4 Å². The number of hydrogen-bond acceptors (Lipinski definition) is 7. The molecule has 0 unspecified atom stereocenters. The van der Waals surface area contributed by atoms with Gasteiger partial charge in [0, 0.05) is 40.3 Å². The summed E-state index contributed by atoms with van der Waals surface area (Å²) in [5, 5.41) is 14.7. The lowest BCUT2D eigenvalue weighted by atomic mass is 10.1. The molecule has 0 saturated heterocycles. The Morgan fingerprint density at radius 1 is 1.07 bits per heavy atom. The molecule has 11 nitrogen and oxygen atoms in total. The quantitative estimate of drug-likeness (QED) is 0.219. The molecule has 1 N–H and O–H groups in total. The zero-order chi connectivity index (χ0) is 31.2. The van der Waals surface area contributed by atoms with Gasteiger partial charge >= 0.3 is 0 Å². The molecule has 0 aromatic heterocycles. The van der Waals surface area contributed by atoms with Gasteiger partial charge in [0.15, 0.2) is 0 Å². The zero-order valence-corrected chi connectivity index (χ0v) is 25.7. The van der Waals surface area contributed by atoms with E-state index in [9.17, 15) is 28.1 Å². The molecule has 0 saturated carbocycles. The lowest BCUT2D eigenvalue weighted by Crippen LogP contribution is -2.51. The van der Waals surface area contributed by atoms with E-state index in [1.54, 1.807) is 25.1 Å². The van der Waals surface area contributed by atoms with E-state index in [0.717, 1.165) is 10.4 Å². The molecule has 0 bridgehead atoms. The van der Waals surface area contributed by atoms with E-state index in [1.807, 2.05) is 0 Å². The number of methoxy groups -OCH3 is 1. The Kier molecular flexibility index (Phi) is 10.8. The summed E-state index contributed by atoms with van der Waals surface area (Å²) in [5.41, 5.74) is 0.341. The molecule has 3 aromatic carbocycles. The zero-order valence-electron chi connectivity index (χ0n) is 23.3. The number of rotatable bonds is 12. The van der Waals surface area contributed by atoms with Crippen LogP contribution >= 0.6 is 23.2 Å². The topological polar surface area (TPSA) is 139 Å². The first-order valence-corrected chi connectivity index (χ1v) is 14.9. The highest BCUT2D eigenvalue weighted by Gasteiger charge is 2.34. The van der Waals surface area contributed by atoms with Gasteiger partial charge in [-0.3, -0.25) is 24.0 Å². The fraction of sp³-hybridized carbons (Fsp3) is 0.286. The summed E-state index contributed by atoms with van der Waals surface area (Å²) in [6, 6.07) is 13.2. The third kappa shape index (κ3) is 7.30. The maximum absolute atomic E-state index is 14.0. The van der Waals surface area contributed by atoms with Crippen LogP contribution in [0, 0.1) is 17.0 Å². The highest BCUT2D eigenvalue weighted by Crippen LogP contribution is 2.30. The van der Waals surface area contributed by atoms with Crippen LogP contribution in [0.15, 0.2) is 65.6 Å². The Labute approximate surface area is 254 Å². The molecule has 0 fully saturated rings. The van der Waals surface area contributed by atoms with Crippen molar-refractivity contribution in [2.75, 3.05) is 24.5 Å². The van der Waals surface area contributed by atoms with Crippen molar-refractivity contribution < 1.29 is 27.7 Å². The van der Waals surface area contributed by atoms with Crippen molar-refractivity contribution in [3.8, 4) is 5.75 Å². The third-order valence-corrected chi connectivity index (χ3v) is 8.99. The van der Waals surface area contributed by atoms with Crippen molar-refractivity contribution in [1.29, 1.82) is 0 Å². The number of nitrogens with zero attached hydrogens (tertiary/aromatic N) is 3. The number of benzene rings is 3. The third-order valence-electron chi connectivity index (χ3n) is 6.51. The number of aryl methyl sites for hydroxylation is 1. The van der Waals surface area contributed by atoms with Crippen molar-refractivity contribution in [1.82, 2.24) is 10.2 Å². The second-order valence-corrected chi connectivity index (χ2v) is 11.9. The molecule has 0 aliphatic heterocycles. The minimum atomic E-state index is -4.53. The van der Waals surface area contributed by atoms with Crippen molar-refractivity contribution in [3.05, 3.63) is 92.0 Å². The van der Waals surface area contributed by atoms with Crippen LogP contribution in [0.3, 0.4) is 0 Å². The SMILES string of the molecule is CCNC(=O)[C@H](C)N(Cc1c(Cl)cccc1Cl)C(=O)CN(c1ccc(OC)cc1)S(=O)(=O)c1ccc(C)c([N+](=O)[O-])c1. The lowest BCUT2D eigenvalue weighted by Gasteiger charge is -2.32. The number of nitro groups is 1. The van der Waals surface area contributed by atoms with Crippen LogP contribution in [-0.2, 0) is 26.2 Å². The number of likely N-dealkylation sites (N-methyl/N-ethyl adjacent to an activating group) is 1. The summed E-state index contributed by atoms with van der Waals surface area (Å²) >= 11 is 12.7. The molecule has 0 heterocycles. The molecule has 14 heteroatoms. The van der Waals surface area contributed by atoms with Crippen molar-refractivity contribution in [2.45, 2.75) is 38.3 Å². The second-order valence-electron chi connectivity index (χ2n) is 9.21. The molecule has 3 rings (SSSR count). The molecular weight excluding hydrogens is 607 g/mol. The van der Waals surface area contributed by atoms with Gasteiger partial charge in [-0.15, -0.1) is 0 Å². The summed E-state index contributed by atoms with van der Waals surface area (Å²) in [4.78, 5) is 38.5. The Hall–Kier alpha value is -3.87. The van der Waals surface area contributed by atoms with Gasteiger partial charge in [0.05, 0.1) is 22.6 Å². The van der Waals surface area contributed by atoms with Gasteiger partial charge in [0.2, 0.25) is 11.8 Å². The molecule has 1 atom stereocenters. The average molecular weight is 638 g/mol. The van der Waals surface area contributed by atoms with E-state index in [2.05, 4.69) is 5.32 Å². The molecule has 0 radical (unpaired) electrons. The van der Waals surface area contributed by atoms with E-state index in [0.29, 0.717) is 17.9 Å². The minimum Gasteiger partial charge on any atom is -0.497 e. The summed E-state index contributed by atoms with van der Waals surface area (Å²) in [7, 11) is -3.09. The predicted octanol–water partition coefficient (Wildman–Crippen LogP) is 4.97. The number of carbonyl (C=O) groups is 2. The van der Waals surface area contributed by atoms with Crippen LogP contribution in [0.4, 0.5) is 11.4 Å². The maximum atomic E-state index is 14.0. The van der Waals surface area contributed by atoms with Gasteiger partial charge in [0.1, 0.15) is 18.3 Å². The largest absolute Gasteiger partial charge is 0.497 e. The molecule has 0 aliphatic rings. The van der Waals surface area contributed by atoms with E-state index in [-0.39, 0.29) is 32.7 Å².